The van der Waals surface area contributed by atoms with Crippen LogP contribution in [-0.4, -0.2) is 46.1 Å². The van der Waals surface area contributed by atoms with E-state index in [0.29, 0.717) is 25.9 Å². The summed E-state index contributed by atoms with van der Waals surface area (Å²) in [4.78, 5) is 14.9. The smallest absolute Gasteiger partial charge is 0.236 e. The van der Waals surface area contributed by atoms with E-state index in [1.54, 1.807) is 0 Å². The Morgan fingerprint density at radius 3 is 2.05 bits per heavy atom. The molecule has 0 atom stereocenters. The van der Waals surface area contributed by atoms with Crippen LogP contribution in [0.2, 0.25) is 0 Å². The number of ether oxygens (including phenoxy) is 1. The van der Waals surface area contributed by atoms with Crippen LogP contribution < -0.4 is 5.73 Å². The lowest BCUT2D eigenvalue weighted by Gasteiger charge is -2.49. The topological polar surface area (TPSA) is 88.2 Å². The van der Waals surface area contributed by atoms with Gasteiger partial charge < -0.3 is 20.6 Å². The molecule has 1 heterocycles. The minimum absolute atomic E-state index is 0.0280. The summed E-state index contributed by atoms with van der Waals surface area (Å²) in [7, 11) is 0. The van der Waals surface area contributed by atoms with Gasteiger partial charge in [0, 0.05) is 13.1 Å². The highest BCUT2D eigenvalue weighted by atomic mass is 16.5. The minimum Gasteiger partial charge on any atom is -0.409 e. The summed E-state index contributed by atoms with van der Waals surface area (Å²) in [5.41, 5.74) is 4.24. The molecular weight excluding hydrogens is 270 g/mol. The molecule has 0 aromatic rings. The molecule has 1 saturated heterocycles. The van der Waals surface area contributed by atoms with E-state index in [9.17, 15) is 4.79 Å². The third-order valence-electron chi connectivity index (χ3n) is 4.45. The standard InChI is InChI=1S/C15H27N3O3/c1-13(2)9-18(10-14(3,4)21-13)12(19)15(11(16)17-20)7-5-6-8-15/h20H,5-10H2,1-4H3,(H2,16,17). The molecule has 1 saturated carbocycles. The molecule has 0 spiro atoms. The van der Waals surface area contributed by atoms with Crippen LogP contribution in [0.25, 0.3) is 0 Å². The van der Waals surface area contributed by atoms with E-state index in [4.69, 9.17) is 15.7 Å². The van der Waals surface area contributed by atoms with Gasteiger partial charge in [0.25, 0.3) is 0 Å². The zero-order valence-electron chi connectivity index (χ0n) is 13.5. The van der Waals surface area contributed by atoms with Crippen molar-refractivity contribution in [3.05, 3.63) is 0 Å². The van der Waals surface area contributed by atoms with Crippen molar-refractivity contribution in [2.24, 2.45) is 16.3 Å². The summed E-state index contributed by atoms with van der Waals surface area (Å²) in [5, 5.41) is 12.2. The molecule has 2 fully saturated rings. The van der Waals surface area contributed by atoms with E-state index in [1.807, 2.05) is 32.6 Å². The van der Waals surface area contributed by atoms with E-state index in [0.717, 1.165) is 12.8 Å². The first-order chi connectivity index (χ1) is 9.62. The van der Waals surface area contributed by atoms with Gasteiger partial charge in [0.15, 0.2) is 5.84 Å². The van der Waals surface area contributed by atoms with Gasteiger partial charge in [-0.1, -0.05) is 18.0 Å². The fourth-order valence-corrected chi connectivity index (χ4v) is 3.89. The monoisotopic (exact) mass is 297 g/mol. The summed E-state index contributed by atoms with van der Waals surface area (Å²) >= 11 is 0. The highest BCUT2D eigenvalue weighted by Gasteiger charge is 2.50. The Morgan fingerprint density at radius 1 is 1.14 bits per heavy atom. The Morgan fingerprint density at radius 2 is 1.62 bits per heavy atom. The zero-order chi connectivity index (χ0) is 15.9. The van der Waals surface area contributed by atoms with Gasteiger partial charge in [0.2, 0.25) is 5.91 Å². The number of amides is 1. The van der Waals surface area contributed by atoms with Crippen molar-refractivity contribution in [2.75, 3.05) is 13.1 Å². The molecule has 120 valence electrons. The minimum atomic E-state index is -0.835. The average molecular weight is 297 g/mol. The second kappa shape index (κ2) is 5.16. The lowest BCUT2D eigenvalue weighted by molar-refractivity contribution is -0.191. The molecular formula is C15H27N3O3. The fraction of sp³-hybridized carbons (Fsp3) is 0.867. The highest BCUT2D eigenvalue weighted by molar-refractivity contribution is 6.07. The average Bonchev–Trinajstić information content (AvgIpc) is 2.83. The van der Waals surface area contributed by atoms with E-state index in [-0.39, 0.29) is 11.7 Å². The van der Waals surface area contributed by atoms with Crippen LogP contribution in [-0.2, 0) is 9.53 Å². The Labute approximate surface area is 126 Å². The molecule has 3 N–H and O–H groups in total. The number of hydrogen-bond donors (Lipinski definition) is 2. The summed E-state index contributed by atoms with van der Waals surface area (Å²) in [6.07, 6.45) is 3.16. The molecule has 1 aliphatic heterocycles. The largest absolute Gasteiger partial charge is 0.409 e. The van der Waals surface area contributed by atoms with E-state index >= 15 is 0 Å². The lowest BCUT2D eigenvalue weighted by atomic mass is 9.82. The number of morpholine rings is 1. The molecule has 2 aliphatic rings. The molecule has 1 amide bonds. The normalized spacial score (nSPS) is 27.6. The number of nitrogens with two attached hydrogens (primary N) is 1. The molecule has 0 aromatic heterocycles. The first kappa shape index (κ1) is 16.1. The predicted molar refractivity (Wildman–Crippen MR) is 80.1 cm³/mol. The van der Waals surface area contributed by atoms with Crippen LogP contribution in [0.15, 0.2) is 5.16 Å². The van der Waals surface area contributed by atoms with Gasteiger partial charge in [-0.2, -0.15) is 0 Å². The van der Waals surface area contributed by atoms with E-state index in [1.165, 1.54) is 0 Å². The summed E-state index contributed by atoms with van der Waals surface area (Å²) in [6, 6.07) is 0. The Bertz CT molecular complexity index is 435. The lowest BCUT2D eigenvalue weighted by Crippen LogP contribution is -2.62. The van der Waals surface area contributed by atoms with Crippen molar-refractivity contribution < 1.29 is 14.7 Å². The molecule has 0 bridgehead atoms. The molecule has 1 aliphatic carbocycles. The molecule has 2 rings (SSSR count). The summed E-state index contributed by atoms with van der Waals surface area (Å²) in [5.74, 6) is 0.0202. The predicted octanol–water partition coefficient (Wildman–Crippen LogP) is 1.71. The van der Waals surface area contributed by atoms with Crippen LogP contribution in [0.1, 0.15) is 53.4 Å². The number of oxime groups is 1. The number of carbonyl (C=O) groups excluding carboxylic acids is 1. The third kappa shape index (κ3) is 3.00. The Hall–Kier alpha value is -1.30. The van der Waals surface area contributed by atoms with Crippen LogP contribution in [0.4, 0.5) is 0 Å². The SMILES string of the molecule is CC1(C)CN(C(=O)C2(C(N)=NO)CCCC2)CC(C)(C)O1. The Kier molecular flexibility index (Phi) is 3.95. The van der Waals surface area contributed by atoms with Crippen LogP contribution in [0.5, 0.6) is 0 Å². The van der Waals surface area contributed by atoms with Gasteiger partial charge in [0.05, 0.1) is 11.2 Å². The van der Waals surface area contributed by atoms with Crippen molar-refractivity contribution in [2.45, 2.75) is 64.6 Å². The van der Waals surface area contributed by atoms with Crippen LogP contribution >= 0.6 is 0 Å². The summed E-state index contributed by atoms with van der Waals surface area (Å²) < 4.78 is 6.02. The second-order valence-corrected chi connectivity index (χ2v) is 7.56. The molecule has 21 heavy (non-hydrogen) atoms. The van der Waals surface area contributed by atoms with Gasteiger partial charge in [-0.05, 0) is 40.5 Å². The molecule has 6 nitrogen and oxygen atoms in total. The zero-order valence-corrected chi connectivity index (χ0v) is 13.5. The fourth-order valence-electron chi connectivity index (χ4n) is 3.89. The molecule has 0 unspecified atom stereocenters. The molecule has 6 heteroatoms. The van der Waals surface area contributed by atoms with Gasteiger partial charge in [-0.3, -0.25) is 4.79 Å². The van der Waals surface area contributed by atoms with Gasteiger partial charge >= 0.3 is 0 Å². The van der Waals surface area contributed by atoms with Gasteiger partial charge in [-0.15, -0.1) is 0 Å². The molecule has 0 aromatic carbocycles. The number of rotatable bonds is 2. The van der Waals surface area contributed by atoms with Crippen molar-refractivity contribution in [1.29, 1.82) is 0 Å². The van der Waals surface area contributed by atoms with Crippen LogP contribution in [0.3, 0.4) is 0 Å². The van der Waals surface area contributed by atoms with E-state index in [2.05, 4.69) is 5.16 Å². The van der Waals surface area contributed by atoms with Crippen molar-refractivity contribution in [3.63, 3.8) is 0 Å². The third-order valence-corrected chi connectivity index (χ3v) is 4.45. The van der Waals surface area contributed by atoms with Gasteiger partial charge in [-0.25, -0.2) is 0 Å². The maximum Gasteiger partial charge on any atom is 0.236 e. The maximum atomic E-state index is 13.1. The first-order valence-corrected chi connectivity index (χ1v) is 7.59. The van der Waals surface area contributed by atoms with Crippen molar-refractivity contribution in [1.82, 2.24) is 4.90 Å². The number of hydrogen-bond acceptors (Lipinski definition) is 4. The van der Waals surface area contributed by atoms with Crippen molar-refractivity contribution in [3.8, 4) is 0 Å². The van der Waals surface area contributed by atoms with Crippen molar-refractivity contribution >= 4 is 11.7 Å². The van der Waals surface area contributed by atoms with Gasteiger partial charge in [0.1, 0.15) is 5.41 Å². The Balaban J connectivity index is 2.29. The number of amidine groups is 1. The first-order valence-electron chi connectivity index (χ1n) is 7.59. The van der Waals surface area contributed by atoms with E-state index < -0.39 is 16.6 Å². The summed E-state index contributed by atoms with van der Waals surface area (Å²) in [6.45, 7) is 8.99. The second-order valence-electron chi connectivity index (χ2n) is 7.56. The number of carbonyl (C=O) groups is 1. The van der Waals surface area contributed by atoms with Crippen LogP contribution in [0, 0.1) is 5.41 Å². The quantitative estimate of drug-likeness (QED) is 0.351. The highest BCUT2D eigenvalue weighted by Crippen LogP contribution is 2.41. The number of nitrogens with zero attached hydrogens (tertiary/aromatic N) is 2. The molecule has 0 radical (unpaired) electrons. The maximum absolute atomic E-state index is 13.1.